The lowest BCUT2D eigenvalue weighted by atomic mass is 10.1. The van der Waals surface area contributed by atoms with Gasteiger partial charge < -0.3 is 14.0 Å². The predicted octanol–water partition coefficient (Wildman–Crippen LogP) is 3.09. The molecule has 0 fully saturated rings. The Morgan fingerprint density at radius 3 is 2.50 bits per heavy atom. The lowest BCUT2D eigenvalue weighted by Gasteiger charge is -2.17. The normalized spacial score (nSPS) is 11.3. The molecule has 120 valence electrons. The molecule has 5 heteroatoms. The van der Waals surface area contributed by atoms with Crippen LogP contribution in [0.2, 0.25) is 0 Å². The summed E-state index contributed by atoms with van der Waals surface area (Å²) in [5.74, 6) is -0.341. The number of aromatic nitrogens is 2. The quantitative estimate of drug-likeness (QED) is 0.770. The van der Waals surface area contributed by atoms with E-state index in [2.05, 4.69) is 4.98 Å². The predicted molar refractivity (Wildman–Crippen MR) is 85.8 cm³/mol. The number of hydrogen-bond acceptors (Lipinski definition) is 4. The molecule has 0 amide bonds. The highest BCUT2D eigenvalue weighted by molar-refractivity contribution is 5.89. The Kier molecular flexibility index (Phi) is 7.92. The first-order valence-corrected chi connectivity index (χ1v) is 7.41. The van der Waals surface area contributed by atoms with Crippen LogP contribution in [-0.2, 0) is 16.0 Å². The molecule has 2 rings (SSSR count). The van der Waals surface area contributed by atoms with E-state index < -0.39 is 0 Å². The van der Waals surface area contributed by atoms with Crippen molar-refractivity contribution >= 4 is 5.97 Å². The van der Waals surface area contributed by atoms with E-state index in [0.717, 1.165) is 5.56 Å². The van der Waals surface area contributed by atoms with Gasteiger partial charge in [0.15, 0.2) is 0 Å². The van der Waals surface area contributed by atoms with Gasteiger partial charge in [-0.2, -0.15) is 0 Å². The molecule has 2 aromatic rings. The summed E-state index contributed by atoms with van der Waals surface area (Å²) in [4.78, 5) is 16.0. The van der Waals surface area contributed by atoms with E-state index in [0.29, 0.717) is 18.7 Å². The first-order valence-electron chi connectivity index (χ1n) is 7.41. The van der Waals surface area contributed by atoms with Gasteiger partial charge in [-0.25, -0.2) is 9.78 Å². The lowest BCUT2D eigenvalue weighted by Crippen LogP contribution is -2.27. The number of methoxy groups -OCH3 is 1. The van der Waals surface area contributed by atoms with Gasteiger partial charge in [0.05, 0.1) is 25.0 Å². The van der Waals surface area contributed by atoms with E-state index in [-0.39, 0.29) is 12.1 Å². The van der Waals surface area contributed by atoms with Gasteiger partial charge in [0.2, 0.25) is 0 Å². The van der Waals surface area contributed by atoms with Crippen molar-refractivity contribution in [3.8, 4) is 0 Å². The van der Waals surface area contributed by atoms with Crippen molar-refractivity contribution in [3.63, 3.8) is 0 Å². The van der Waals surface area contributed by atoms with E-state index in [4.69, 9.17) is 9.47 Å². The van der Waals surface area contributed by atoms with Crippen LogP contribution in [0.15, 0.2) is 43.0 Å². The lowest BCUT2D eigenvalue weighted by molar-refractivity contribution is 0.000271. The minimum absolute atomic E-state index is 0.341. The number of benzene rings is 1. The molecule has 1 atom stereocenters. The summed E-state index contributed by atoms with van der Waals surface area (Å²) >= 11 is 0. The van der Waals surface area contributed by atoms with Crippen LogP contribution in [0, 0.1) is 6.92 Å². The summed E-state index contributed by atoms with van der Waals surface area (Å²) < 4.78 is 12.4. The minimum Gasteiger partial charge on any atom is -0.454 e. The second kappa shape index (κ2) is 9.73. The fourth-order valence-corrected chi connectivity index (χ4v) is 1.85. The first-order chi connectivity index (χ1) is 10.7. The van der Waals surface area contributed by atoms with Gasteiger partial charge in [-0.3, -0.25) is 0 Å². The number of rotatable bonds is 6. The van der Waals surface area contributed by atoms with Crippen molar-refractivity contribution < 1.29 is 14.3 Å². The second-order valence-electron chi connectivity index (χ2n) is 4.61. The number of aryl methyl sites for hydroxylation is 1. The van der Waals surface area contributed by atoms with E-state index in [1.54, 1.807) is 31.8 Å². The van der Waals surface area contributed by atoms with Gasteiger partial charge in [-0.15, -0.1) is 0 Å². The summed E-state index contributed by atoms with van der Waals surface area (Å²) in [7, 11) is 1.58. The summed E-state index contributed by atoms with van der Waals surface area (Å²) in [5.41, 5.74) is 1.65. The molecule has 5 nitrogen and oxygen atoms in total. The Balaban J connectivity index is 0.00000116. The Hall–Kier alpha value is -2.14. The average molecular weight is 304 g/mol. The Bertz CT molecular complexity index is 536. The van der Waals surface area contributed by atoms with Gasteiger partial charge in [0.1, 0.15) is 6.10 Å². The number of imidazole rings is 1. The molecule has 0 aliphatic rings. The van der Waals surface area contributed by atoms with Crippen molar-refractivity contribution in [1.29, 1.82) is 0 Å². The van der Waals surface area contributed by atoms with Crippen LogP contribution < -0.4 is 0 Å². The highest BCUT2D eigenvalue weighted by Gasteiger charge is 2.16. The fraction of sp³-hybridized carbons (Fsp3) is 0.412. The highest BCUT2D eigenvalue weighted by Crippen LogP contribution is 2.08. The number of hydrogen-bond donors (Lipinski definition) is 0. The summed E-state index contributed by atoms with van der Waals surface area (Å²) in [6, 6.07) is 7.30. The SMILES string of the molecule is CC.COC[C@@H](Cn1ccnc1)OC(=O)c1ccc(C)cc1. The smallest absolute Gasteiger partial charge is 0.338 e. The molecule has 1 aromatic carbocycles. The summed E-state index contributed by atoms with van der Waals surface area (Å²) in [5, 5.41) is 0. The van der Waals surface area contributed by atoms with Gasteiger partial charge in [0.25, 0.3) is 0 Å². The van der Waals surface area contributed by atoms with Crippen LogP contribution in [0.3, 0.4) is 0 Å². The zero-order valence-corrected chi connectivity index (χ0v) is 13.7. The summed E-state index contributed by atoms with van der Waals surface area (Å²) in [6.07, 6.45) is 4.85. The highest BCUT2D eigenvalue weighted by atomic mass is 16.6. The zero-order valence-electron chi connectivity index (χ0n) is 13.7. The largest absolute Gasteiger partial charge is 0.454 e. The van der Waals surface area contributed by atoms with E-state index in [1.807, 2.05) is 43.7 Å². The number of ether oxygens (including phenoxy) is 2. The van der Waals surface area contributed by atoms with Crippen LogP contribution in [0.4, 0.5) is 0 Å². The molecule has 1 heterocycles. The van der Waals surface area contributed by atoms with Gasteiger partial charge in [0, 0.05) is 19.5 Å². The average Bonchev–Trinajstić information content (AvgIpc) is 3.03. The van der Waals surface area contributed by atoms with Crippen LogP contribution >= 0.6 is 0 Å². The van der Waals surface area contributed by atoms with Crippen molar-refractivity contribution in [3.05, 3.63) is 54.1 Å². The molecule has 0 aliphatic heterocycles. The number of nitrogens with zero attached hydrogens (tertiary/aromatic N) is 2. The van der Waals surface area contributed by atoms with Crippen LogP contribution in [0.5, 0.6) is 0 Å². The zero-order chi connectivity index (χ0) is 16.4. The third-order valence-electron chi connectivity index (χ3n) is 2.89. The van der Waals surface area contributed by atoms with Crippen LogP contribution in [-0.4, -0.2) is 35.3 Å². The topological polar surface area (TPSA) is 53.4 Å². The Morgan fingerprint density at radius 2 is 1.95 bits per heavy atom. The molecule has 0 unspecified atom stereocenters. The van der Waals surface area contributed by atoms with Crippen molar-refractivity contribution in [2.24, 2.45) is 0 Å². The van der Waals surface area contributed by atoms with E-state index in [1.165, 1.54) is 0 Å². The Labute approximate surface area is 131 Å². The number of carbonyl (C=O) groups excluding carboxylic acids is 1. The molecule has 0 aliphatic carbocycles. The molecule has 1 aromatic heterocycles. The van der Waals surface area contributed by atoms with E-state index >= 15 is 0 Å². The molecule has 0 radical (unpaired) electrons. The van der Waals surface area contributed by atoms with Crippen molar-refractivity contribution in [1.82, 2.24) is 9.55 Å². The van der Waals surface area contributed by atoms with Gasteiger partial charge >= 0.3 is 5.97 Å². The molecule has 22 heavy (non-hydrogen) atoms. The van der Waals surface area contributed by atoms with E-state index in [9.17, 15) is 4.79 Å². The van der Waals surface area contributed by atoms with Crippen LogP contribution in [0.25, 0.3) is 0 Å². The molecule has 0 saturated heterocycles. The maximum Gasteiger partial charge on any atom is 0.338 e. The number of carbonyl (C=O) groups is 1. The van der Waals surface area contributed by atoms with Crippen molar-refractivity contribution in [2.75, 3.05) is 13.7 Å². The molecular weight excluding hydrogens is 280 g/mol. The third-order valence-corrected chi connectivity index (χ3v) is 2.89. The van der Waals surface area contributed by atoms with Gasteiger partial charge in [-0.1, -0.05) is 31.5 Å². The maximum atomic E-state index is 12.1. The summed E-state index contributed by atoms with van der Waals surface area (Å²) in [6.45, 7) is 6.84. The molecule has 0 saturated carbocycles. The standard InChI is InChI=1S/C15H18N2O3.C2H6/c1-12-3-5-13(6-4-12)15(18)20-14(10-19-2)9-17-8-7-16-11-17;1-2/h3-8,11,14H,9-10H2,1-2H3;1-2H3/t14-;/m1./s1. The minimum atomic E-state index is -0.344. The molecule has 0 N–H and O–H groups in total. The molecular formula is C17H24N2O3. The van der Waals surface area contributed by atoms with Crippen LogP contribution in [0.1, 0.15) is 29.8 Å². The fourth-order valence-electron chi connectivity index (χ4n) is 1.85. The van der Waals surface area contributed by atoms with Gasteiger partial charge in [-0.05, 0) is 19.1 Å². The third kappa shape index (κ3) is 5.69. The maximum absolute atomic E-state index is 12.1. The molecule has 0 bridgehead atoms. The molecule has 0 spiro atoms. The Morgan fingerprint density at radius 1 is 1.27 bits per heavy atom. The monoisotopic (exact) mass is 304 g/mol. The second-order valence-corrected chi connectivity index (χ2v) is 4.61. The first kappa shape index (κ1) is 17.9. The number of esters is 1. The van der Waals surface area contributed by atoms with Crippen molar-refractivity contribution in [2.45, 2.75) is 33.4 Å².